The third-order valence-corrected chi connectivity index (χ3v) is 1.16. The fourth-order valence-electron chi connectivity index (χ4n) is 0.446. The topological polar surface area (TPSA) is 79.9 Å². The van der Waals surface area contributed by atoms with Gasteiger partial charge >= 0.3 is 6.09 Å². The van der Waals surface area contributed by atoms with E-state index < -0.39 is 11.7 Å². The van der Waals surface area contributed by atoms with Crippen molar-refractivity contribution in [3.63, 3.8) is 0 Å². The molecule has 13 heavy (non-hydrogen) atoms. The van der Waals surface area contributed by atoms with E-state index in [0.29, 0.717) is 12.0 Å². The number of hydrogen-bond donors (Lipinski definition) is 1. The molecule has 0 bridgehead atoms. The highest BCUT2D eigenvalue weighted by Crippen LogP contribution is 2.07. The van der Waals surface area contributed by atoms with Crippen molar-refractivity contribution in [1.82, 2.24) is 5.32 Å². The molecule has 0 aliphatic carbocycles. The molecule has 1 N–H and O–H groups in total. The first kappa shape index (κ1) is 12.5. The van der Waals surface area contributed by atoms with Crippen molar-refractivity contribution in [2.45, 2.75) is 26.4 Å². The average molecular weight is 210 g/mol. The summed E-state index contributed by atoms with van der Waals surface area (Å²) in [7, 11) is 0. The maximum Gasteiger partial charge on any atom is 0.408 e. The first-order valence-corrected chi connectivity index (χ1v) is 4.42. The SMILES string of the molecule is CC(C)(C)OC(=O)NCSOO[O-]. The zero-order valence-electron chi connectivity index (χ0n) is 7.66. The summed E-state index contributed by atoms with van der Waals surface area (Å²) >= 11 is 0.661. The van der Waals surface area contributed by atoms with Gasteiger partial charge in [0.2, 0.25) is 0 Å². The molecule has 0 heterocycles. The molecule has 7 heteroatoms. The molecule has 0 unspecified atom stereocenters. The summed E-state index contributed by atoms with van der Waals surface area (Å²) < 4.78 is 8.78. The number of hydrogen-bond acceptors (Lipinski definition) is 6. The Kier molecular flexibility index (Phi) is 5.80. The molecule has 0 saturated carbocycles. The molecule has 78 valence electrons. The Bertz CT molecular complexity index is 158. The number of rotatable bonds is 4. The van der Waals surface area contributed by atoms with Gasteiger partial charge in [0.1, 0.15) is 5.60 Å². The normalized spacial score (nSPS) is 11.1. The van der Waals surface area contributed by atoms with Crippen LogP contribution in [0.25, 0.3) is 0 Å². The van der Waals surface area contributed by atoms with Crippen LogP contribution in [0, 0.1) is 0 Å². The monoisotopic (exact) mass is 210 g/mol. The van der Waals surface area contributed by atoms with Crippen molar-refractivity contribution in [2.75, 3.05) is 5.88 Å². The molecule has 0 aromatic rings. The molecule has 0 rings (SSSR count). The second kappa shape index (κ2) is 6.03. The van der Waals surface area contributed by atoms with Crippen LogP contribution in [0.3, 0.4) is 0 Å². The number of carbonyl (C=O) groups excluding carboxylic acids is 1. The van der Waals surface area contributed by atoms with Crippen molar-refractivity contribution in [1.29, 1.82) is 0 Å². The lowest BCUT2D eigenvalue weighted by Gasteiger charge is -2.19. The zero-order valence-corrected chi connectivity index (χ0v) is 8.47. The first-order valence-electron chi connectivity index (χ1n) is 3.50. The highest BCUT2D eigenvalue weighted by molar-refractivity contribution is 7.94. The zero-order chi connectivity index (χ0) is 10.3. The van der Waals surface area contributed by atoms with E-state index in [2.05, 4.69) is 14.7 Å². The smallest absolute Gasteiger partial charge is 0.408 e. The first-order chi connectivity index (χ1) is 5.95. The Hall–Kier alpha value is -0.500. The summed E-state index contributed by atoms with van der Waals surface area (Å²) in [6.07, 6.45) is -0.575. The van der Waals surface area contributed by atoms with Crippen molar-refractivity contribution in [3.05, 3.63) is 0 Å². The Balaban J connectivity index is 3.41. The van der Waals surface area contributed by atoms with Gasteiger partial charge in [0, 0.05) is 0 Å². The van der Waals surface area contributed by atoms with Crippen molar-refractivity contribution in [3.8, 4) is 0 Å². The van der Waals surface area contributed by atoms with Crippen LogP contribution in [-0.4, -0.2) is 17.6 Å². The summed E-state index contributed by atoms with van der Waals surface area (Å²) in [4.78, 5) is 10.9. The lowest BCUT2D eigenvalue weighted by atomic mass is 10.2. The van der Waals surface area contributed by atoms with Gasteiger partial charge in [-0.2, -0.15) is 4.33 Å². The lowest BCUT2D eigenvalue weighted by molar-refractivity contribution is -0.777. The maximum atomic E-state index is 10.9. The molecule has 0 aromatic carbocycles. The van der Waals surface area contributed by atoms with E-state index in [4.69, 9.17) is 4.74 Å². The van der Waals surface area contributed by atoms with Gasteiger partial charge < -0.3 is 15.3 Å². The van der Waals surface area contributed by atoms with Crippen LogP contribution in [0.1, 0.15) is 20.8 Å². The van der Waals surface area contributed by atoms with Gasteiger partial charge in [-0.15, -0.1) is 0 Å². The summed E-state index contributed by atoms with van der Waals surface area (Å²) in [5, 5.41) is 14.7. The standard InChI is InChI=1S/C6H13NO5S/c1-6(2,3)10-5(8)7-4-13-12-11-9/h9H,4H2,1-3H3,(H,7,8)/p-1. The summed E-state index contributed by atoms with van der Waals surface area (Å²) in [6.45, 7) is 5.24. The van der Waals surface area contributed by atoms with Crippen LogP contribution >= 0.6 is 12.0 Å². The lowest BCUT2D eigenvalue weighted by Crippen LogP contribution is -2.32. The van der Waals surface area contributed by atoms with Gasteiger partial charge in [-0.05, 0) is 20.8 Å². The summed E-state index contributed by atoms with van der Waals surface area (Å²) in [5.74, 6) is 0.0805. The molecule has 0 radical (unpaired) electrons. The quantitative estimate of drug-likeness (QED) is 0.237. The molecular weight excluding hydrogens is 198 g/mol. The van der Waals surface area contributed by atoms with Crippen molar-refractivity contribution < 1.29 is 24.2 Å². The van der Waals surface area contributed by atoms with E-state index in [1.807, 2.05) is 0 Å². The molecule has 1 amide bonds. The van der Waals surface area contributed by atoms with Gasteiger partial charge in [-0.1, -0.05) is 0 Å². The number of ether oxygens (including phenoxy) is 1. The number of carbonyl (C=O) groups is 1. The fourth-order valence-corrected chi connectivity index (χ4v) is 0.710. The molecule has 0 spiro atoms. The molecule has 0 aliphatic heterocycles. The molecule has 0 atom stereocenters. The van der Waals surface area contributed by atoms with Crippen LogP contribution in [0.2, 0.25) is 0 Å². The summed E-state index contributed by atoms with van der Waals surface area (Å²) in [5.41, 5.74) is -0.537. The van der Waals surface area contributed by atoms with E-state index in [1.165, 1.54) is 0 Å². The van der Waals surface area contributed by atoms with Gasteiger partial charge in [0.05, 0.1) is 17.9 Å². The van der Waals surface area contributed by atoms with E-state index >= 15 is 0 Å². The van der Waals surface area contributed by atoms with E-state index in [0.717, 1.165) is 0 Å². The van der Waals surface area contributed by atoms with E-state index in [9.17, 15) is 10.1 Å². The molecule has 0 saturated heterocycles. The summed E-state index contributed by atoms with van der Waals surface area (Å²) in [6, 6.07) is 0. The van der Waals surface area contributed by atoms with Gasteiger partial charge in [-0.25, -0.2) is 4.79 Å². The largest absolute Gasteiger partial charge is 0.691 e. The predicted octanol–water partition coefficient (Wildman–Crippen LogP) is 0.340. The van der Waals surface area contributed by atoms with E-state index in [1.54, 1.807) is 20.8 Å². The van der Waals surface area contributed by atoms with Gasteiger partial charge in [0.25, 0.3) is 0 Å². The third kappa shape index (κ3) is 9.41. The van der Waals surface area contributed by atoms with Gasteiger partial charge in [-0.3, -0.25) is 5.04 Å². The van der Waals surface area contributed by atoms with Gasteiger partial charge in [0.15, 0.2) is 0 Å². The average Bonchev–Trinajstić information content (AvgIpc) is 1.94. The Morgan fingerprint density at radius 3 is 2.62 bits per heavy atom. The van der Waals surface area contributed by atoms with Crippen LogP contribution in [0.4, 0.5) is 4.79 Å². The van der Waals surface area contributed by atoms with E-state index in [-0.39, 0.29) is 5.88 Å². The second-order valence-corrected chi connectivity index (χ2v) is 3.74. The molecule has 6 nitrogen and oxygen atoms in total. The van der Waals surface area contributed by atoms with Crippen molar-refractivity contribution >= 4 is 18.1 Å². The molecule has 0 aliphatic rings. The number of amides is 1. The molecule has 0 aromatic heterocycles. The predicted molar refractivity (Wildman–Crippen MR) is 44.0 cm³/mol. The minimum atomic E-state index is -0.575. The van der Waals surface area contributed by atoms with Crippen LogP contribution < -0.4 is 10.6 Å². The molecular formula is C6H12NO5S-. The third-order valence-electron chi connectivity index (χ3n) is 0.750. The maximum absolute atomic E-state index is 10.9. The van der Waals surface area contributed by atoms with Crippen LogP contribution in [0.15, 0.2) is 0 Å². The Labute approximate surface area is 80.6 Å². The Morgan fingerprint density at radius 2 is 2.15 bits per heavy atom. The Morgan fingerprint density at radius 1 is 1.54 bits per heavy atom. The fraction of sp³-hybridized carbons (Fsp3) is 0.833. The van der Waals surface area contributed by atoms with Crippen LogP contribution in [0.5, 0.6) is 0 Å². The minimum absolute atomic E-state index is 0.0805. The highest BCUT2D eigenvalue weighted by Gasteiger charge is 2.15. The highest BCUT2D eigenvalue weighted by atomic mass is 32.2. The minimum Gasteiger partial charge on any atom is -0.691 e. The van der Waals surface area contributed by atoms with Crippen molar-refractivity contribution in [2.24, 2.45) is 0 Å². The number of nitrogens with one attached hydrogen (secondary N) is 1. The molecule has 0 fully saturated rings. The second-order valence-electron chi connectivity index (χ2n) is 3.08. The van der Waals surface area contributed by atoms with Crippen LogP contribution in [-0.2, 0) is 14.1 Å². The number of alkyl carbamates (subject to hydrolysis) is 1.